The van der Waals surface area contributed by atoms with Crippen LogP contribution in [0, 0.1) is 5.92 Å². The molecule has 1 spiro atoms. The normalized spacial score (nSPS) is 33.4. The summed E-state index contributed by atoms with van der Waals surface area (Å²) in [4.78, 5) is 16.0. The summed E-state index contributed by atoms with van der Waals surface area (Å²) in [7, 11) is 0. The number of carbonyl (C=O) groups is 1. The second kappa shape index (κ2) is 5.38. The molecule has 0 aromatic rings. The second-order valence-corrected chi connectivity index (χ2v) is 6.20. The largest absolute Gasteiger partial charge is 0.376 e. The van der Waals surface area contributed by atoms with Crippen molar-refractivity contribution in [2.75, 3.05) is 52.5 Å². The van der Waals surface area contributed by atoms with Crippen LogP contribution in [0.15, 0.2) is 0 Å². The van der Waals surface area contributed by atoms with Crippen LogP contribution < -0.4 is 0 Å². The molecule has 0 radical (unpaired) electrons. The Balaban J connectivity index is 1.66. The van der Waals surface area contributed by atoms with E-state index in [2.05, 4.69) is 4.90 Å². The Bertz CT molecular complexity index is 346. The maximum Gasteiger partial charge on any atom is 0.219 e. The first-order valence-electron chi connectivity index (χ1n) is 7.36. The van der Waals surface area contributed by atoms with Crippen molar-refractivity contribution in [2.24, 2.45) is 5.92 Å². The zero-order valence-corrected chi connectivity index (χ0v) is 11.8. The summed E-state index contributed by atoms with van der Waals surface area (Å²) in [6.07, 6.45) is 2.75. The molecule has 19 heavy (non-hydrogen) atoms. The lowest BCUT2D eigenvalue weighted by molar-refractivity contribution is -0.150. The van der Waals surface area contributed by atoms with Crippen molar-refractivity contribution in [1.29, 1.82) is 0 Å². The van der Waals surface area contributed by atoms with Crippen LogP contribution in [0.25, 0.3) is 0 Å². The van der Waals surface area contributed by atoms with E-state index < -0.39 is 0 Å². The third-order valence-electron chi connectivity index (χ3n) is 4.34. The Labute approximate surface area is 114 Å². The second-order valence-electron chi connectivity index (χ2n) is 6.20. The number of morpholine rings is 1. The zero-order valence-electron chi connectivity index (χ0n) is 11.8. The van der Waals surface area contributed by atoms with Crippen molar-refractivity contribution in [3.63, 3.8) is 0 Å². The van der Waals surface area contributed by atoms with E-state index in [1.54, 1.807) is 6.92 Å². The average Bonchev–Trinajstić information content (AvgIpc) is 3.18. The predicted octanol–water partition coefficient (Wildman–Crippen LogP) is 0.346. The van der Waals surface area contributed by atoms with Crippen LogP contribution in [0.5, 0.6) is 0 Å². The van der Waals surface area contributed by atoms with Crippen molar-refractivity contribution in [3.05, 3.63) is 0 Å². The monoisotopic (exact) mass is 268 g/mol. The van der Waals surface area contributed by atoms with Crippen molar-refractivity contribution < 1.29 is 14.3 Å². The molecule has 5 heteroatoms. The molecule has 3 fully saturated rings. The van der Waals surface area contributed by atoms with Crippen molar-refractivity contribution in [1.82, 2.24) is 9.80 Å². The first kappa shape index (κ1) is 13.3. The van der Waals surface area contributed by atoms with E-state index in [1.165, 1.54) is 19.4 Å². The maximum atomic E-state index is 11.6. The molecular formula is C14H24N2O3. The third kappa shape index (κ3) is 3.27. The minimum Gasteiger partial charge on any atom is -0.376 e. The van der Waals surface area contributed by atoms with E-state index in [0.717, 1.165) is 25.6 Å². The van der Waals surface area contributed by atoms with Gasteiger partial charge < -0.3 is 14.4 Å². The molecule has 1 aliphatic carbocycles. The molecule has 3 aliphatic rings. The number of carbonyl (C=O) groups excluding carboxylic acids is 1. The van der Waals surface area contributed by atoms with Gasteiger partial charge in [0.1, 0.15) is 5.60 Å². The summed E-state index contributed by atoms with van der Waals surface area (Å²) < 4.78 is 11.7. The first-order chi connectivity index (χ1) is 9.17. The number of nitrogens with zero attached hydrogens (tertiary/aromatic N) is 2. The molecule has 2 saturated heterocycles. The lowest BCUT2D eigenvalue weighted by atomic mass is 10.0. The Hall–Kier alpha value is -0.650. The molecule has 1 saturated carbocycles. The van der Waals surface area contributed by atoms with E-state index >= 15 is 0 Å². The highest BCUT2D eigenvalue weighted by atomic mass is 16.5. The maximum absolute atomic E-state index is 11.6. The zero-order chi connectivity index (χ0) is 13.3. The fraction of sp³-hybridized carbons (Fsp3) is 0.929. The Morgan fingerprint density at radius 2 is 2.11 bits per heavy atom. The van der Waals surface area contributed by atoms with Gasteiger partial charge in [0, 0.05) is 33.1 Å². The fourth-order valence-electron chi connectivity index (χ4n) is 3.10. The lowest BCUT2D eigenvalue weighted by Crippen LogP contribution is -2.59. The Morgan fingerprint density at radius 1 is 1.26 bits per heavy atom. The van der Waals surface area contributed by atoms with E-state index in [1.807, 2.05) is 4.90 Å². The predicted molar refractivity (Wildman–Crippen MR) is 70.9 cm³/mol. The standard InChI is InChI=1S/C14H24N2O3/c1-12(17)16-5-6-18-11-14(10-16)9-15(4-7-19-14)8-13-2-3-13/h13H,2-11H2,1H3. The van der Waals surface area contributed by atoms with E-state index in [-0.39, 0.29) is 11.5 Å². The van der Waals surface area contributed by atoms with Gasteiger partial charge >= 0.3 is 0 Å². The summed E-state index contributed by atoms with van der Waals surface area (Å²) in [5.41, 5.74) is -0.310. The van der Waals surface area contributed by atoms with Crippen molar-refractivity contribution in [3.8, 4) is 0 Å². The molecule has 5 nitrogen and oxygen atoms in total. The highest BCUT2D eigenvalue weighted by Crippen LogP contribution is 2.31. The van der Waals surface area contributed by atoms with Gasteiger partial charge in [-0.3, -0.25) is 9.69 Å². The molecule has 0 aromatic heterocycles. The summed E-state index contributed by atoms with van der Waals surface area (Å²) in [6, 6.07) is 0. The smallest absolute Gasteiger partial charge is 0.219 e. The van der Waals surface area contributed by atoms with Crippen LogP contribution in [0.1, 0.15) is 19.8 Å². The van der Waals surface area contributed by atoms with Gasteiger partial charge in [-0.15, -0.1) is 0 Å². The molecule has 0 N–H and O–H groups in total. The molecule has 3 rings (SSSR count). The third-order valence-corrected chi connectivity index (χ3v) is 4.34. The SMILES string of the molecule is CC(=O)N1CCOCC2(CN(CC3CC3)CCO2)C1. The highest BCUT2D eigenvalue weighted by Gasteiger charge is 2.41. The van der Waals surface area contributed by atoms with Gasteiger partial charge in [0.2, 0.25) is 5.91 Å². The van der Waals surface area contributed by atoms with Gasteiger partial charge in [0.25, 0.3) is 0 Å². The van der Waals surface area contributed by atoms with Crippen LogP contribution in [0.4, 0.5) is 0 Å². The molecule has 1 atom stereocenters. The Morgan fingerprint density at radius 3 is 2.84 bits per heavy atom. The summed E-state index contributed by atoms with van der Waals surface area (Å²) >= 11 is 0. The number of rotatable bonds is 2. The minimum absolute atomic E-state index is 0.118. The number of hydrogen-bond donors (Lipinski definition) is 0. The van der Waals surface area contributed by atoms with E-state index in [4.69, 9.17) is 9.47 Å². The van der Waals surface area contributed by atoms with Gasteiger partial charge in [0.05, 0.1) is 26.4 Å². The molecular weight excluding hydrogens is 244 g/mol. The van der Waals surface area contributed by atoms with Crippen molar-refractivity contribution >= 4 is 5.91 Å². The summed E-state index contributed by atoms with van der Waals surface area (Å²) in [6.45, 7) is 8.06. The molecule has 0 aromatic carbocycles. The first-order valence-corrected chi connectivity index (χ1v) is 7.36. The van der Waals surface area contributed by atoms with Crippen molar-refractivity contribution in [2.45, 2.75) is 25.4 Å². The van der Waals surface area contributed by atoms with E-state index in [9.17, 15) is 4.79 Å². The average molecular weight is 268 g/mol. The van der Waals surface area contributed by atoms with E-state index in [0.29, 0.717) is 26.3 Å². The van der Waals surface area contributed by atoms with Gasteiger partial charge in [-0.2, -0.15) is 0 Å². The van der Waals surface area contributed by atoms with Crippen LogP contribution in [0.3, 0.4) is 0 Å². The van der Waals surface area contributed by atoms with Crippen LogP contribution in [0.2, 0.25) is 0 Å². The molecule has 2 heterocycles. The molecule has 0 bridgehead atoms. The van der Waals surface area contributed by atoms with Crippen LogP contribution in [-0.4, -0.2) is 73.9 Å². The number of hydrogen-bond acceptors (Lipinski definition) is 4. The lowest BCUT2D eigenvalue weighted by Gasteiger charge is -2.43. The quantitative estimate of drug-likeness (QED) is 0.724. The topological polar surface area (TPSA) is 42.0 Å². The van der Waals surface area contributed by atoms with Crippen LogP contribution >= 0.6 is 0 Å². The number of amides is 1. The van der Waals surface area contributed by atoms with Gasteiger partial charge in [-0.25, -0.2) is 0 Å². The van der Waals surface area contributed by atoms with Gasteiger partial charge in [-0.1, -0.05) is 0 Å². The minimum atomic E-state index is -0.310. The summed E-state index contributed by atoms with van der Waals surface area (Å²) in [5, 5.41) is 0. The van der Waals surface area contributed by atoms with Gasteiger partial charge in [0.15, 0.2) is 0 Å². The Kier molecular flexibility index (Phi) is 3.78. The molecule has 2 aliphatic heterocycles. The molecule has 1 unspecified atom stereocenters. The van der Waals surface area contributed by atoms with Gasteiger partial charge in [-0.05, 0) is 18.8 Å². The fourth-order valence-corrected chi connectivity index (χ4v) is 3.10. The number of ether oxygens (including phenoxy) is 2. The van der Waals surface area contributed by atoms with Crippen LogP contribution in [-0.2, 0) is 14.3 Å². The molecule has 108 valence electrons. The molecule has 1 amide bonds. The summed E-state index contributed by atoms with van der Waals surface area (Å²) in [5.74, 6) is 1.01. The highest BCUT2D eigenvalue weighted by molar-refractivity contribution is 5.73.